The maximum atomic E-state index is 11.4. The van der Waals surface area contributed by atoms with Crippen molar-refractivity contribution in [2.24, 2.45) is 0 Å². The van der Waals surface area contributed by atoms with Crippen LogP contribution >= 0.6 is 0 Å². The molecular weight excluding hydrogens is 244 g/mol. The summed E-state index contributed by atoms with van der Waals surface area (Å²) in [5.41, 5.74) is -0.835. The van der Waals surface area contributed by atoms with E-state index >= 15 is 0 Å². The molecule has 0 saturated carbocycles. The van der Waals surface area contributed by atoms with Crippen molar-refractivity contribution in [2.45, 2.75) is 51.7 Å². The Labute approximate surface area is 116 Å². The zero-order chi connectivity index (χ0) is 14.3. The van der Waals surface area contributed by atoms with Crippen LogP contribution in [0.1, 0.15) is 40.0 Å². The van der Waals surface area contributed by atoms with E-state index in [0.29, 0.717) is 19.1 Å². The summed E-state index contributed by atoms with van der Waals surface area (Å²) in [4.78, 5) is 13.6. The van der Waals surface area contributed by atoms with Crippen molar-refractivity contribution in [3.05, 3.63) is 0 Å². The highest BCUT2D eigenvalue weighted by molar-refractivity contribution is 5.78. The summed E-state index contributed by atoms with van der Waals surface area (Å²) >= 11 is 0. The molecule has 2 N–H and O–H groups in total. The Morgan fingerprint density at radius 2 is 2.26 bits per heavy atom. The van der Waals surface area contributed by atoms with Crippen molar-refractivity contribution in [1.82, 2.24) is 10.2 Å². The molecule has 0 aromatic rings. The third-order valence-corrected chi connectivity index (χ3v) is 3.90. The molecule has 1 rings (SSSR count). The Hall–Kier alpha value is -0.650. The second kappa shape index (κ2) is 7.82. The van der Waals surface area contributed by atoms with E-state index in [-0.39, 0.29) is 0 Å². The predicted octanol–water partition coefficient (Wildman–Crippen LogP) is 1.33. The fraction of sp³-hybridized carbons (Fsp3) is 0.929. The van der Waals surface area contributed by atoms with Gasteiger partial charge < -0.3 is 20.1 Å². The molecular formula is C14H28N2O3. The van der Waals surface area contributed by atoms with E-state index in [2.05, 4.69) is 17.1 Å². The summed E-state index contributed by atoms with van der Waals surface area (Å²) < 4.78 is 5.64. The van der Waals surface area contributed by atoms with Gasteiger partial charge in [-0.25, -0.2) is 0 Å². The van der Waals surface area contributed by atoms with Gasteiger partial charge in [-0.1, -0.05) is 13.8 Å². The smallest absolute Gasteiger partial charge is 0.323 e. The molecule has 1 heterocycles. The van der Waals surface area contributed by atoms with Crippen LogP contribution in [0.15, 0.2) is 0 Å². The zero-order valence-electron chi connectivity index (χ0n) is 12.4. The van der Waals surface area contributed by atoms with Crippen LogP contribution in [0.3, 0.4) is 0 Å². The van der Waals surface area contributed by atoms with E-state index in [4.69, 9.17) is 4.74 Å². The van der Waals surface area contributed by atoms with Crippen LogP contribution in [0.5, 0.6) is 0 Å². The lowest BCUT2D eigenvalue weighted by molar-refractivity contribution is -0.144. The van der Waals surface area contributed by atoms with Crippen LogP contribution < -0.4 is 5.32 Å². The van der Waals surface area contributed by atoms with Crippen LogP contribution in [0.25, 0.3) is 0 Å². The molecule has 2 unspecified atom stereocenters. The van der Waals surface area contributed by atoms with Crippen LogP contribution in [0.2, 0.25) is 0 Å². The number of nitrogens with one attached hydrogen (secondary N) is 1. The van der Waals surface area contributed by atoms with Gasteiger partial charge in [0.2, 0.25) is 0 Å². The van der Waals surface area contributed by atoms with Crippen molar-refractivity contribution >= 4 is 5.97 Å². The summed E-state index contributed by atoms with van der Waals surface area (Å²) in [5, 5.41) is 12.4. The number of nitrogens with zero attached hydrogens (tertiary/aromatic N) is 1. The highest BCUT2D eigenvalue weighted by Crippen LogP contribution is 2.15. The van der Waals surface area contributed by atoms with E-state index in [0.717, 1.165) is 39.1 Å². The highest BCUT2D eigenvalue weighted by Gasteiger charge is 2.32. The molecule has 1 aliphatic rings. The van der Waals surface area contributed by atoms with Crippen molar-refractivity contribution in [3.8, 4) is 0 Å². The van der Waals surface area contributed by atoms with Gasteiger partial charge in [-0.05, 0) is 39.3 Å². The molecule has 0 radical (unpaired) electrons. The van der Waals surface area contributed by atoms with Gasteiger partial charge in [-0.3, -0.25) is 4.79 Å². The number of ether oxygens (including phenoxy) is 1. The monoisotopic (exact) mass is 272 g/mol. The minimum absolute atomic E-state index is 0.329. The van der Waals surface area contributed by atoms with E-state index in [1.54, 1.807) is 6.92 Å². The SMILES string of the molecule is CCNC(C)(CCN(CC)CC1CCCO1)C(=O)O. The fourth-order valence-electron chi connectivity index (χ4n) is 2.50. The maximum absolute atomic E-state index is 11.4. The number of hydrogen-bond acceptors (Lipinski definition) is 4. The summed E-state index contributed by atoms with van der Waals surface area (Å²) in [6.45, 7) is 9.98. The number of carboxylic acid groups (broad SMARTS) is 1. The molecule has 1 fully saturated rings. The first-order valence-corrected chi connectivity index (χ1v) is 7.34. The van der Waals surface area contributed by atoms with Gasteiger partial charge in [0.1, 0.15) is 5.54 Å². The molecule has 0 aromatic carbocycles. The maximum Gasteiger partial charge on any atom is 0.323 e. The average Bonchev–Trinajstić information content (AvgIpc) is 2.87. The molecule has 5 heteroatoms. The second-order valence-corrected chi connectivity index (χ2v) is 5.45. The van der Waals surface area contributed by atoms with E-state index < -0.39 is 11.5 Å². The first-order chi connectivity index (χ1) is 9.01. The Kier molecular flexibility index (Phi) is 6.75. The Morgan fingerprint density at radius 1 is 1.53 bits per heavy atom. The van der Waals surface area contributed by atoms with Crippen molar-refractivity contribution in [1.29, 1.82) is 0 Å². The largest absolute Gasteiger partial charge is 0.480 e. The van der Waals surface area contributed by atoms with Gasteiger partial charge in [-0.15, -0.1) is 0 Å². The predicted molar refractivity (Wildman–Crippen MR) is 75.4 cm³/mol. The molecule has 1 aliphatic heterocycles. The lowest BCUT2D eigenvalue weighted by Gasteiger charge is -2.30. The van der Waals surface area contributed by atoms with Gasteiger partial charge >= 0.3 is 5.97 Å². The number of likely N-dealkylation sites (N-methyl/N-ethyl adjacent to an activating group) is 2. The van der Waals surface area contributed by atoms with Crippen LogP contribution in [-0.4, -0.2) is 60.4 Å². The van der Waals surface area contributed by atoms with E-state index in [1.165, 1.54) is 0 Å². The van der Waals surface area contributed by atoms with Crippen LogP contribution in [0, 0.1) is 0 Å². The molecule has 19 heavy (non-hydrogen) atoms. The topological polar surface area (TPSA) is 61.8 Å². The zero-order valence-corrected chi connectivity index (χ0v) is 12.4. The Morgan fingerprint density at radius 3 is 2.74 bits per heavy atom. The van der Waals surface area contributed by atoms with Gasteiger partial charge in [0.15, 0.2) is 0 Å². The van der Waals surface area contributed by atoms with Gasteiger partial charge in [-0.2, -0.15) is 0 Å². The quantitative estimate of drug-likeness (QED) is 0.663. The first kappa shape index (κ1) is 16.4. The summed E-state index contributed by atoms with van der Waals surface area (Å²) in [6.07, 6.45) is 3.21. The third kappa shape index (κ3) is 5.09. The molecule has 0 bridgehead atoms. The van der Waals surface area contributed by atoms with E-state index in [9.17, 15) is 9.90 Å². The highest BCUT2D eigenvalue weighted by atomic mass is 16.5. The summed E-state index contributed by atoms with van der Waals surface area (Å²) in [6, 6.07) is 0. The number of rotatable bonds is 9. The molecule has 0 amide bonds. The lowest BCUT2D eigenvalue weighted by Crippen LogP contribution is -2.51. The van der Waals surface area contributed by atoms with Gasteiger partial charge in [0.05, 0.1) is 6.10 Å². The number of hydrogen-bond donors (Lipinski definition) is 2. The second-order valence-electron chi connectivity index (χ2n) is 5.45. The molecule has 0 aromatic heterocycles. The van der Waals surface area contributed by atoms with Gasteiger partial charge in [0.25, 0.3) is 0 Å². The minimum Gasteiger partial charge on any atom is -0.480 e. The fourth-order valence-corrected chi connectivity index (χ4v) is 2.50. The van der Waals surface area contributed by atoms with Crippen molar-refractivity contribution in [2.75, 3.05) is 32.8 Å². The van der Waals surface area contributed by atoms with Crippen LogP contribution in [-0.2, 0) is 9.53 Å². The third-order valence-electron chi connectivity index (χ3n) is 3.90. The van der Waals surface area contributed by atoms with E-state index in [1.807, 2.05) is 6.92 Å². The Balaban J connectivity index is 2.43. The Bertz CT molecular complexity index is 280. The number of carboxylic acids is 1. The van der Waals surface area contributed by atoms with Gasteiger partial charge in [0, 0.05) is 19.7 Å². The molecule has 5 nitrogen and oxygen atoms in total. The molecule has 0 spiro atoms. The molecule has 2 atom stereocenters. The standard InChI is InChI=1S/C14H28N2O3/c1-4-15-14(3,13(17)18)8-9-16(5-2)11-12-7-6-10-19-12/h12,15H,4-11H2,1-3H3,(H,17,18). The first-order valence-electron chi connectivity index (χ1n) is 7.34. The normalized spacial score (nSPS) is 22.6. The summed E-state index contributed by atoms with van der Waals surface area (Å²) in [7, 11) is 0. The lowest BCUT2D eigenvalue weighted by atomic mass is 9.97. The molecule has 112 valence electrons. The van der Waals surface area contributed by atoms with Crippen LogP contribution in [0.4, 0.5) is 0 Å². The molecule has 1 saturated heterocycles. The molecule has 0 aliphatic carbocycles. The van der Waals surface area contributed by atoms with Crippen molar-refractivity contribution < 1.29 is 14.6 Å². The number of aliphatic carboxylic acids is 1. The summed E-state index contributed by atoms with van der Waals surface area (Å²) in [5.74, 6) is -0.775. The van der Waals surface area contributed by atoms with Crippen molar-refractivity contribution in [3.63, 3.8) is 0 Å². The average molecular weight is 272 g/mol. The minimum atomic E-state index is -0.835. The number of carbonyl (C=O) groups is 1.